The van der Waals surface area contributed by atoms with Gasteiger partial charge in [-0.25, -0.2) is 0 Å². The van der Waals surface area contributed by atoms with Crippen molar-refractivity contribution in [3.05, 3.63) is 29.3 Å². The average molecular weight is 327 g/mol. The second kappa shape index (κ2) is 6.87. The first-order chi connectivity index (χ1) is 9.95. The van der Waals surface area contributed by atoms with Crippen molar-refractivity contribution in [1.29, 1.82) is 0 Å². The van der Waals surface area contributed by atoms with Crippen molar-refractivity contribution >= 4 is 46.5 Å². The molecule has 1 aliphatic rings. The fourth-order valence-corrected chi connectivity index (χ4v) is 2.53. The zero-order chi connectivity index (χ0) is 15.4. The minimum Gasteiger partial charge on any atom is -0.462 e. The molecule has 112 valence electrons. The van der Waals surface area contributed by atoms with Gasteiger partial charge < -0.3 is 15.4 Å². The number of rotatable bonds is 3. The molecule has 0 unspecified atom stereocenters. The number of hydrogen-bond acceptors (Lipinski definition) is 4. The molecule has 1 aliphatic heterocycles. The Hall–Kier alpha value is -1.66. The number of para-hydroxylation sites is 1. The fraction of sp³-hybridized carbons (Fsp3) is 0.357. The summed E-state index contributed by atoms with van der Waals surface area (Å²) in [6.45, 7) is 1.80. The molecular formula is C14H15ClN2O3S. The van der Waals surface area contributed by atoms with Gasteiger partial charge in [0.2, 0.25) is 5.91 Å². The van der Waals surface area contributed by atoms with Gasteiger partial charge in [-0.2, -0.15) is 0 Å². The van der Waals surface area contributed by atoms with E-state index in [1.165, 1.54) is 0 Å². The molecule has 1 fully saturated rings. The Balaban J connectivity index is 1.84. The zero-order valence-corrected chi connectivity index (χ0v) is 13.0. The van der Waals surface area contributed by atoms with Gasteiger partial charge in [0.05, 0.1) is 22.7 Å². The van der Waals surface area contributed by atoms with Crippen LogP contribution in [0.1, 0.15) is 19.8 Å². The Kier molecular flexibility index (Phi) is 5.14. The van der Waals surface area contributed by atoms with Gasteiger partial charge in [0.25, 0.3) is 0 Å². The lowest BCUT2D eigenvalue weighted by Gasteiger charge is -2.11. The quantitative estimate of drug-likeness (QED) is 0.660. The lowest BCUT2D eigenvalue weighted by Crippen LogP contribution is -2.35. The number of nitrogens with one attached hydrogen (secondary N) is 2. The van der Waals surface area contributed by atoms with Crippen molar-refractivity contribution in [3.63, 3.8) is 0 Å². The van der Waals surface area contributed by atoms with Gasteiger partial charge in [-0.05, 0) is 37.7 Å². The van der Waals surface area contributed by atoms with Gasteiger partial charge >= 0.3 is 5.97 Å². The van der Waals surface area contributed by atoms with E-state index in [2.05, 4.69) is 10.6 Å². The predicted octanol–water partition coefficient (Wildman–Crippen LogP) is 2.49. The van der Waals surface area contributed by atoms with E-state index in [1.54, 1.807) is 31.2 Å². The van der Waals surface area contributed by atoms with Gasteiger partial charge in [0.15, 0.2) is 5.11 Å². The summed E-state index contributed by atoms with van der Waals surface area (Å²) in [5.41, 5.74) is 0.610. The molecule has 1 heterocycles. The molecule has 0 bridgehead atoms. The van der Waals surface area contributed by atoms with Crippen LogP contribution in [0.25, 0.3) is 0 Å². The first-order valence-electron chi connectivity index (χ1n) is 6.51. The summed E-state index contributed by atoms with van der Waals surface area (Å²) in [6, 6.07) is 7.05. The van der Waals surface area contributed by atoms with E-state index >= 15 is 0 Å². The summed E-state index contributed by atoms with van der Waals surface area (Å²) in [4.78, 5) is 23.3. The predicted molar refractivity (Wildman–Crippen MR) is 84.1 cm³/mol. The third-order valence-corrected chi connectivity index (χ3v) is 3.61. The molecule has 5 nitrogen and oxygen atoms in total. The number of carbonyl (C=O) groups excluding carboxylic acids is 2. The maximum atomic E-state index is 11.9. The third kappa shape index (κ3) is 4.41. The summed E-state index contributed by atoms with van der Waals surface area (Å²) in [5.74, 6) is -1.05. The van der Waals surface area contributed by atoms with E-state index < -0.39 is 5.92 Å². The van der Waals surface area contributed by atoms with Crippen LogP contribution in [0.15, 0.2) is 24.3 Å². The highest BCUT2D eigenvalue weighted by molar-refractivity contribution is 7.80. The molecule has 0 spiro atoms. The molecule has 1 aromatic rings. The number of carbonyl (C=O) groups is 2. The molecule has 1 amide bonds. The lowest BCUT2D eigenvalue weighted by molar-refractivity contribution is -0.145. The summed E-state index contributed by atoms with van der Waals surface area (Å²) in [7, 11) is 0. The van der Waals surface area contributed by atoms with Gasteiger partial charge in [-0.3, -0.25) is 9.59 Å². The van der Waals surface area contributed by atoms with E-state index in [4.69, 9.17) is 28.6 Å². The number of cyclic esters (lactones) is 1. The highest BCUT2D eigenvalue weighted by atomic mass is 35.5. The van der Waals surface area contributed by atoms with E-state index in [0.29, 0.717) is 17.1 Å². The number of benzene rings is 1. The number of esters is 1. The smallest absolute Gasteiger partial charge is 0.309 e. The molecule has 21 heavy (non-hydrogen) atoms. The molecule has 2 N–H and O–H groups in total. The number of anilines is 1. The fourth-order valence-electron chi connectivity index (χ4n) is 2.12. The van der Waals surface area contributed by atoms with Crippen molar-refractivity contribution in [2.24, 2.45) is 5.92 Å². The van der Waals surface area contributed by atoms with Crippen LogP contribution in [-0.2, 0) is 14.3 Å². The average Bonchev–Trinajstić information content (AvgIpc) is 2.70. The number of ether oxygens (including phenoxy) is 1. The standard InChI is InChI=1S/C14H15ClN2O3S/c1-8-6-9(13(19)20-8)7-12(18)17-14(21)16-11-5-3-2-4-10(11)15/h2-5,8-9H,6-7H2,1H3,(H2,16,17,18,21)/t8-,9+/m0/s1. The monoisotopic (exact) mass is 326 g/mol. The molecule has 2 atom stereocenters. The second-order valence-corrected chi connectivity index (χ2v) is 5.68. The molecule has 1 aromatic carbocycles. The van der Waals surface area contributed by atoms with Crippen LogP contribution < -0.4 is 10.6 Å². The zero-order valence-electron chi connectivity index (χ0n) is 11.4. The van der Waals surface area contributed by atoms with Crippen molar-refractivity contribution in [2.45, 2.75) is 25.9 Å². The number of amides is 1. The van der Waals surface area contributed by atoms with Crippen LogP contribution in [-0.4, -0.2) is 23.1 Å². The summed E-state index contributed by atoms with van der Waals surface area (Å²) in [6.07, 6.45) is 0.480. The first-order valence-corrected chi connectivity index (χ1v) is 7.30. The Morgan fingerprint density at radius 3 is 2.81 bits per heavy atom. The van der Waals surface area contributed by atoms with Gasteiger partial charge in [-0.15, -0.1) is 0 Å². The van der Waals surface area contributed by atoms with Crippen LogP contribution in [0.4, 0.5) is 5.69 Å². The SMILES string of the molecule is C[C@H]1C[C@H](CC(=O)NC(=S)Nc2ccccc2Cl)C(=O)O1. The summed E-state index contributed by atoms with van der Waals surface area (Å²) < 4.78 is 5.01. The lowest BCUT2D eigenvalue weighted by atomic mass is 10.0. The maximum absolute atomic E-state index is 11.9. The van der Waals surface area contributed by atoms with Crippen molar-refractivity contribution in [3.8, 4) is 0 Å². The first kappa shape index (κ1) is 15.7. The normalized spacial score (nSPS) is 20.8. The number of halogens is 1. The minimum absolute atomic E-state index is 0.0630. The van der Waals surface area contributed by atoms with Gasteiger partial charge in [0.1, 0.15) is 0 Å². The topological polar surface area (TPSA) is 67.4 Å². The van der Waals surface area contributed by atoms with Crippen LogP contribution in [0.3, 0.4) is 0 Å². The Labute approximate surface area is 133 Å². The van der Waals surface area contributed by atoms with Crippen LogP contribution in [0.5, 0.6) is 0 Å². The Bertz CT molecular complexity index is 579. The largest absolute Gasteiger partial charge is 0.462 e. The van der Waals surface area contributed by atoms with Crippen LogP contribution in [0.2, 0.25) is 5.02 Å². The Morgan fingerprint density at radius 2 is 2.19 bits per heavy atom. The number of thiocarbonyl (C=S) groups is 1. The molecule has 2 rings (SSSR count). The van der Waals surface area contributed by atoms with E-state index in [0.717, 1.165) is 0 Å². The molecule has 0 saturated carbocycles. The van der Waals surface area contributed by atoms with E-state index in [-0.39, 0.29) is 29.5 Å². The molecular weight excluding hydrogens is 312 g/mol. The summed E-state index contributed by atoms with van der Waals surface area (Å²) >= 11 is 11.0. The molecule has 0 aliphatic carbocycles. The van der Waals surface area contributed by atoms with Gasteiger partial charge in [0, 0.05) is 6.42 Å². The second-order valence-electron chi connectivity index (χ2n) is 4.87. The molecule has 0 radical (unpaired) electrons. The van der Waals surface area contributed by atoms with Gasteiger partial charge in [-0.1, -0.05) is 23.7 Å². The highest BCUT2D eigenvalue weighted by Gasteiger charge is 2.33. The summed E-state index contributed by atoms with van der Waals surface area (Å²) in [5, 5.41) is 6.02. The third-order valence-electron chi connectivity index (χ3n) is 3.07. The van der Waals surface area contributed by atoms with E-state index in [9.17, 15) is 9.59 Å². The van der Waals surface area contributed by atoms with Crippen molar-refractivity contribution < 1.29 is 14.3 Å². The molecule has 7 heteroatoms. The number of hydrogen-bond donors (Lipinski definition) is 2. The van der Waals surface area contributed by atoms with Crippen molar-refractivity contribution in [2.75, 3.05) is 5.32 Å². The Morgan fingerprint density at radius 1 is 1.48 bits per heavy atom. The molecule has 1 saturated heterocycles. The highest BCUT2D eigenvalue weighted by Crippen LogP contribution is 2.23. The van der Waals surface area contributed by atoms with Crippen molar-refractivity contribution in [1.82, 2.24) is 5.32 Å². The van der Waals surface area contributed by atoms with Crippen LogP contribution >= 0.6 is 23.8 Å². The van der Waals surface area contributed by atoms with Crippen LogP contribution in [0, 0.1) is 5.92 Å². The maximum Gasteiger partial charge on any atom is 0.309 e. The molecule has 0 aromatic heterocycles. The van der Waals surface area contributed by atoms with E-state index in [1.807, 2.05) is 0 Å². The minimum atomic E-state index is -0.400.